The molecule has 0 aliphatic carbocycles. The van der Waals surface area contributed by atoms with Gasteiger partial charge < -0.3 is 9.47 Å². The number of hydrogen-bond acceptors (Lipinski definition) is 2. The largest absolute Gasteiger partial charge is 0.493 e. The molecule has 2 aromatic rings. The van der Waals surface area contributed by atoms with E-state index in [0.29, 0.717) is 31.1 Å². The summed E-state index contributed by atoms with van der Waals surface area (Å²) in [4.78, 5) is 0. The summed E-state index contributed by atoms with van der Waals surface area (Å²) in [6.45, 7) is 0.958. The molecule has 4 heteroatoms. The van der Waals surface area contributed by atoms with Crippen molar-refractivity contribution < 1.29 is 18.3 Å². The smallest absolute Gasteiger partial charge is 0.123 e. The molecule has 0 radical (unpaired) electrons. The molecule has 0 heterocycles. The molecule has 2 nitrogen and oxygen atoms in total. The van der Waals surface area contributed by atoms with Crippen LogP contribution in [0.3, 0.4) is 0 Å². The van der Waals surface area contributed by atoms with Crippen molar-refractivity contribution in [3.05, 3.63) is 60.2 Å². The second-order valence-corrected chi connectivity index (χ2v) is 3.96. The fourth-order valence-electron chi connectivity index (χ4n) is 1.50. The van der Waals surface area contributed by atoms with Gasteiger partial charge in [0.05, 0.1) is 13.2 Å². The van der Waals surface area contributed by atoms with Gasteiger partial charge in [0.2, 0.25) is 0 Å². The van der Waals surface area contributed by atoms with Crippen LogP contribution in [0.15, 0.2) is 48.5 Å². The minimum absolute atomic E-state index is 0.285. The molecule has 2 rings (SSSR count). The Hall–Kier alpha value is -2.10. The first-order chi connectivity index (χ1) is 9.24. The summed E-state index contributed by atoms with van der Waals surface area (Å²) in [5.41, 5.74) is 0. The average Bonchev–Trinajstić information content (AvgIpc) is 2.43. The first kappa shape index (κ1) is 13.3. The van der Waals surface area contributed by atoms with Crippen molar-refractivity contribution in [1.29, 1.82) is 0 Å². The molecule has 0 atom stereocenters. The lowest BCUT2D eigenvalue weighted by atomic mass is 10.3. The Morgan fingerprint density at radius 3 is 1.37 bits per heavy atom. The molecule has 0 N–H and O–H groups in total. The zero-order chi connectivity index (χ0) is 13.5. The van der Waals surface area contributed by atoms with Gasteiger partial charge in [-0.05, 0) is 48.5 Å². The molecule has 0 aliphatic rings. The minimum Gasteiger partial charge on any atom is -0.493 e. The second-order valence-electron chi connectivity index (χ2n) is 3.96. The van der Waals surface area contributed by atoms with E-state index in [4.69, 9.17) is 9.47 Å². The van der Waals surface area contributed by atoms with Crippen LogP contribution in [0.25, 0.3) is 0 Å². The van der Waals surface area contributed by atoms with E-state index in [1.807, 2.05) is 0 Å². The standard InChI is InChI=1S/C15H14F2O2/c16-12-2-6-14(7-3-12)18-10-1-11-19-15-8-4-13(17)5-9-15/h2-9H,1,10-11H2. The maximum absolute atomic E-state index is 12.6. The van der Waals surface area contributed by atoms with Gasteiger partial charge in [0, 0.05) is 6.42 Å². The summed E-state index contributed by atoms with van der Waals surface area (Å²) >= 11 is 0. The van der Waals surface area contributed by atoms with Crippen LogP contribution in [-0.2, 0) is 0 Å². The van der Waals surface area contributed by atoms with Crippen molar-refractivity contribution in [2.45, 2.75) is 6.42 Å². The zero-order valence-corrected chi connectivity index (χ0v) is 10.3. The second kappa shape index (κ2) is 6.73. The number of benzene rings is 2. The highest BCUT2D eigenvalue weighted by Gasteiger charge is 1.97. The third-order valence-corrected chi connectivity index (χ3v) is 2.45. The van der Waals surface area contributed by atoms with Crippen molar-refractivity contribution in [1.82, 2.24) is 0 Å². The third kappa shape index (κ3) is 4.58. The van der Waals surface area contributed by atoms with Gasteiger partial charge in [-0.3, -0.25) is 0 Å². The monoisotopic (exact) mass is 264 g/mol. The third-order valence-electron chi connectivity index (χ3n) is 2.45. The predicted molar refractivity (Wildman–Crippen MR) is 68.4 cm³/mol. The van der Waals surface area contributed by atoms with Crippen LogP contribution in [0.2, 0.25) is 0 Å². The quantitative estimate of drug-likeness (QED) is 0.738. The number of halogens is 2. The fourth-order valence-corrected chi connectivity index (χ4v) is 1.50. The Morgan fingerprint density at radius 1 is 0.632 bits per heavy atom. The van der Waals surface area contributed by atoms with E-state index >= 15 is 0 Å². The summed E-state index contributed by atoms with van der Waals surface area (Å²) in [6.07, 6.45) is 0.689. The van der Waals surface area contributed by atoms with Crippen molar-refractivity contribution in [2.24, 2.45) is 0 Å². The summed E-state index contributed by atoms with van der Waals surface area (Å²) < 4.78 is 36.1. The Balaban J connectivity index is 1.64. The van der Waals surface area contributed by atoms with Crippen molar-refractivity contribution in [3.8, 4) is 11.5 Å². The molecule has 19 heavy (non-hydrogen) atoms. The summed E-state index contributed by atoms with van der Waals surface area (Å²) in [5.74, 6) is 0.686. The van der Waals surface area contributed by atoms with Gasteiger partial charge in [0.25, 0.3) is 0 Å². The van der Waals surface area contributed by atoms with Crippen molar-refractivity contribution in [3.63, 3.8) is 0 Å². The van der Waals surface area contributed by atoms with Crippen LogP contribution in [0.4, 0.5) is 8.78 Å². The molecule has 0 saturated carbocycles. The first-order valence-electron chi connectivity index (χ1n) is 6.01. The molecular weight excluding hydrogens is 250 g/mol. The van der Waals surface area contributed by atoms with Gasteiger partial charge in [0.1, 0.15) is 23.1 Å². The van der Waals surface area contributed by atoms with E-state index in [1.165, 1.54) is 24.3 Å². The molecule has 0 saturated heterocycles. The Labute approximate surface area is 110 Å². The molecule has 0 fully saturated rings. The maximum Gasteiger partial charge on any atom is 0.123 e. The van der Waals surface area contributed by atoms with E-state index < -0.39 is 0 Å². The summed E-state index contributed by atoms with van der Waals surface area (Å²) in [7, 11) is 0. The lowest BCUT2D eigenvalue weighted by Crippen LogP contribution is -2.05. The molecule has 0 aliphatic heterocycles. The zero-order valence-electron chi connectivity index (χ0n) is 10.3. The van der Waals surface area contributed by atoms with Gasteiger partial charge in [-0.2, -0.15) is 0 Å². The van der Waals surface area contributed by atoms with Gasteiger partial charge in [-0.25, -0.2) is 8.78 Å². The topological polar surface area (TPSA) is 18.5 Å². The van der Waals surface area contributed by atoms with E-state index in [1.54, 1.807) is 24.3 Å². The molecule has 0 spiro atoms. The normalized spacial score (nSPS) is 10.2. The molecular formula is C15H14F2O2. The highest BCUT2D eigenvalue weighted by Crippen LogP contribution is 2.13. The van der Waals surface area contributed by atoms with Crippen molar-refractivity contribution >= 4 is 0 Å². The molecule has 0 aromatic heterocycles. The van der Waals surface area contributed by atoms with Crippen LogP contribution >= 0.6 is 0 Å². The van der Waals surface area contributed by atoms with E-state index in [-0.39, 0.29) is 11.6 Å². The molecule has 0 unspecified atom stereocenters. The fraction of sp³-hybridized carbons (Fsp3) is 0.200. The number of rotatable bonds is 6. The van der Waals surface area contributed by atoms with Crippen LogP contribution in [0.5, 0.6) is 11.5 Å². The van der Waals surface area contributed by atoms with Gasteiger partial charge in [-0.15, -0.1) is 0 Å². The summed E-state index contributed by atoms with van der Waals surface area (Å²) in [5, 5.41) is 0. The molecule has 2 aromatic carbocycles. The Kier molecular flexibility index (Phi) is 4.72. The molecule has 0 bridgehead atoms. The number of ether oxygens (including phenoxy) is 2. The van der Waals surface area contributed by atoms with Crippen molar-refractivity contribution in [2.75, 3.05) is 13.2 Å². The lowest BCUT2D eigenvalue weighted by Gasteiger charge is -2.07. The predicted octanol–water partition coefficient (Wildman–Crippen LogP) is 3.81. The van der Waals surface area contributed by atoms with Gasteiger partial charge >= 0.3 is 0 Å². The Morgan fingerprint density at radius 2 is 1.00 bits per heavy atom. The lowest BCUT2D eigenvalue weighted by molar-refractivity contribution is 0.247. The maximum atomic E-state index is 12.6. The first-order valence-corrected chi connectivity index (χ1v) is 6.01. The minimum atomic E-state index is -0.285. The number of hydrogen-bond donors (Lipinski definition) is 0. The average molecular weight is 264 g/mol. The van der Waals surface area contributed by atoms with Gasteiger partial charge in [-0.1, -0.05) is 0 Å². The highest BCUT2D eigenvalue weighted by molar-refractivity contribution is 5.22. The SMILES string of the molecule is Fc1ccc(OCCCOc2ccc(F)cc2)cc1. The van der Waals surface area contributed by atoms with Crippen LogP contribution in [0, 0.1) is 11.6 Å². The molecule has 100 valence electrons. The van der Waals surface area contributed by atoms with E-state index in [0.717, 1.165) is 0 Å². The van der Waals surface area contributed by atoms with E-state index in [9.17, 15) is 8.78 Å². The highest BCUT2D eigenvalue weighted by atomic mass is 19.1. The van der Waals surface area contributed by atoms with Crippen LogP contribution < -0.4 is 9.47 Å². The van der Waals surface area contributed by atoms with Gasteiger partial charge in [0.15, 0.2) is 0 Å². The summed E-state index contributed by atoms with van der Waals surface area (Å²) in [6, 6.07) is 11.7. The van der Waals surface area contributed by atoms with Crippen LogP contribution in [-0.4, -0.2) is 13.2 Å². The van der Waals surface area contributed by atoms with E-state index in [2.05, 4.69) is 0 Å². The Bertz CT molecular complexity index is 447. The molecule has 0 amide bonds. The van der Waals surface area contributed by atoms with Crippen LogP contribution in [0.1, 0.15) is 6.42 Å².